The van der Waals surface area contributed by atoms with Crippen LogP contribution in [0.15, 0.2) is 23.6 Å². The van der Waals surface area contributed by atoms with Gasteiger partial charge in [0.2, 0.25) is 5.91 Å². The van der Waals surface area contributed by atoms with Crippen LogP contribution in [0.1, 0.15) is 29.7 Å². The molecule has 0 spiro atoms. The quantitative estimate of drug-likeness (QED) is 0.632. The van der Waals surface area contributed by atoms with Gasteiger partial charge in [0, 0.05) is 12.6 Å². The van der Waals surface area contributed by atoms with Crippen molar-refractivity contribution >= 4 is 28.8 Å². The molecule has 0 saturated carbocycles. The number of carbonyl (C=O) groups is 1. The molecule has 1 unspecified atom stereocenters. The Morgan fingerprint density at radius 1 is 1.58 bits per heavy atom. The fourth-order valence-electron chi connectivity index (χ4n) is 2.27. The van der Waals surface area contributed by atoms with Crippen LogP contribution >= 0.6 is 22.9 Å². The van der Waals surface area contributed by atoms with E-state index in [-0.39, 0.29) is 17.8 Å². The van der Waals surface area contributed by atoms with Gasteiger partial charge in [-0.2, -0.15) is 5.26 Å². The van der Waals surface area contributed by atoms with Crippen molar-refractivity contribution in [1.29, 1.82) is 5.26 Å². The third-order valence-corrected chi connectivity index (χ3v) is 4.35. The molecule has 1 aromatic heterocycles. The van der Waals surface area contributed by atoms with Crippen LogP contribution in [-0.2, 0) is 11.3 Å². The zero-order valence-corrected chi connectivity index (χ0v) is 12.1. The van der Waals surface area contributed by atoms with E-state index in [1.54, 1.807) is 0 Å². The monoisotopic (exact) mass is 294 g/mol. The number of halogens is 1. The van der Waals surface area contributed by atoms with Crippen LogP contribution < -0.4 is 0 Å². The first-order chi connectivity index (χ1) is 9.24. The summed E-state index contributed by atoms with van der Waals surface area (Å²) in [6, 6.07) is 4.19. The molecule has 0 bridgehead atoms. The number of amides is 1. The van der Waals surface area contributed by atoms with Crippen molar-refractivity contribution in [2.75, 3.05) is 5.88 Å². The summed E-state index contributed by atoms with van der Waals surface area (Å²) in [5, 5.41) is 10.8. The molecule has 1 amide bonds. The molecule has 1 aromatic rings. The minimum absolute atomic E-state index is 0.00938. The molecular weight excluding hydrogens is 280 g/mol. The number of nitrogens with zero attached hydrogens (tertiary/aromatic N) is 2. The van der Waals surface area contributed by atoms with E-state index in [0.29, 0.717) is 11.4 Å². The van der Waals surface area contributed by atoms with Crippen LogP contribution in [0.2, 0.25) is 0 Å². The molecular formula is C14H15ClN2OS. The first kappa shape index (κ1) is 14.1. The number of rotatable bonds is 4. The van der Waals surface area contributed by atoms with E-state index in [0.717, 1.165) is 24.8 Å². The lowest BCUT2D eigenvalue weighted by molar-refractivity contribution is -0.131. The Kier molecular flexibility index (Phi) is 5.00. The van der Waals surface area contributed by atoms with Crippen LogP contribution in [0.3, 0.4) is 0 Å². The molecule has 0 saturated heterocycles. The minimum atomic E-state index is -0.0355. The Hall–Kier alpha value is -1.31. The van der Waals surface area contributed by atoms with E-state index >= 15 is 0 Å². The van der Waals surface area contributed by atoms with Gasteiger partial charge in [0.05, 0.1) is 0 Å². The van der Waals surface area contributed by atoms with Crippen LogP contribution in [-0.4, -0.2) is 22.7 Å². The molecule has 1 aliphatic rings. The number of nitriles is 1. The second kappa shape index (κ2) is 6.74. The number of allylic oxidation sites excluding steroid dienone is 1. The fourth-order valence-corrected chi connectivity index (χ4v) is 3.12. The molecule has 1 heterocycles. The van der Waals surface area contributed by atoms with E-state index < -0.39 is 0 Å². The molecule has 0 fully saturated rings. The van der Waals surface area contributed by atoms with Gasteiger partial charge < -0.3 is 4.90 Å². The zero-order chi connectivity index (χ0) is 13.7. The number of carbonyl (C=O) groups excluding carboxylic acids is 1. The Morgan fingerprint density at radius 3 is 3.00 bits per heavy atom. The predicted octanol–water partition coefficient (Wildman–Crippen LogP) is 3.30. The van der Waals surface area contributed by atoms with Crippen molar-refractivity contribution in [2.45, 2.75) is 31.8 Å². The maximum atomic E-state index is 12.0. The molecule has 1 atom stereocenters. The molecule has 3 nitrogen and oxygen atoms in total. The first-order valence-electron chi connectivity index (χ1n) is 6.22. The van der Waals surface area contributed by atoms with Gasteiger partial charge in [-0.3, -0.25) is 4.79 Å². The van der Waals surface area contributed by atoms with E-state index in [2.05, 4.69) is 18.2 Å². The van der Waals surface area contributed by atoms with E-state index in [1.165, 1.54) is 11.3 Å². The van der Waals surface area contributed by atoms with Gasteiger partial charge in [-0.15, -0.1) is 22.9 Å². The van der Waals surface area contributed by atoms with Crippen molar-refractivity contribution < 1.29 is 4.79 Å². The molecule has 2 rings (SSSR count). The molecule has 1 aliphatic carbocycles. The van der Waals surface area contributed by atoms with Gasteiger partial charge in [-0.05, 0) is 36.3 Å². The second-order valence-corrected chi connectivity index (χ2v) is 5.70. The van der Waals surface area contributed by atoms with Crippen molar-refractivity contribution in [3.63, 3.8) is 0 Å². The molecule has 100 valence electrons. The number of hydrogen-bond donors (Lipinski definition) is 0. The lowest BCUT2D eigenvalue weighted by Gasteiger charge is -2.32. The predicted molar refractivity (Wildman–Crippen MR) is 77.1 cm³/mol. The third kappa shape index (κ3) is 3.59. The third-order valence-electron chi connectivity index (χ3n) is 3.23. The molecule has 0 N–H and O–H groups in total. The van der Waals surface area contributed by atoms with Crippen molar-refractivity contribution in [3.8, 4) is 6.07 Å². The largest absolute Gasteiger partial charge is 0.334 e. The summed E-state index contributed by atoms with van der Waals surface area (Å²) in [7, 11) is 0. The number of alkyl halides is 1. The van der Waals surface area contributed by atoms with Crippen molar-refractivity contribution in [3.05, 3.63) is 34.0 Å². The van der Waals surface area contributed by atoms with E-state index in [1.807, 2.05) is 16.3 Å². The Labute approximate surface area is 122 Å². The first-order valence-corrected chi connectivity index (χ1v) is 7.64. The summed E-state index contributed by atoms with van der Waals surface area (Å²) in [6.07, 6.45) is 7.14. The van der Waals surface area contributed by atoms with Gasteiger partial charge in [-0.1, -0.05) is 12.2 Å². The lowest BCUT2D eigenvalue weighted by Crippen LogP contribution is -2.40. The normalized spacial score (nSPS) is 18.0. The molecule has 0 aromatic carbocycles. The topological polar surface area (TPSA) is 44.1 Å². The van der Waals surface area contributed by atoms with Crippen molar-refractivity contribution in [2.24, 2.45) is 0 Å². The second-order valence-electron chi connectivity index (χ2n) is 4.52. The lowest BCUT2D eigenvalue weighted by atomic mass is 10.00. The Bertz CT molecular complexity index is 518. The average Bonchev–Trinajstić information content (AvgIpc) is 2.92. The SMILES string of the molecule is N#Cc1cc(CN(C(=O)CCl)C2CC=CCC2)cs1. The summed E-state index contributed by atoms with van der Waals surface area (Å²) in [5.74, 6) is -0.0261. The van der Waals surface area contributed by atoms with Gasteiger partial charge in [0.15, 0.2) is 0 Å². The number of thiophene rings is 1. The highest BCUT2D eigenvalue weighted by Gasteiger charge is 2.23. The summed E-state index contributed by atoms with van der Waals surface area (Å²) in [5.41, 5.74) is 1.01. The maximum Gasteiger partial charge on any atom is 0.238 e. The molecule has 5 heteroatoms. The van der Waals surface area contributed by atoms with Crippen LogP contribution in [0, 0.1) is 11.3 Å². The highest BCUT2D eigenvalue weighted by molar-refractivity contribution is 7.10. The van der Waals surface area contributed by atoms with Gasteiger partial charge in [-0.25, -0.2) is 0 Å². The summed E-state index contributed by atoms with van der Waals surface area (Å²) in [6.45, 7) is 0.544. The fraction of sp³-hybridized carbons (Fsp3) is 0.429. The average molecular weight is 295 g/mol. The Balaban J connectivity index is 2.11. The van der Waals surface area contributed by atoms with E-state index in [4.69, 9.17) is 16.9 Å². The number of hydrogen-bond acceptors (Lipinski definition) is 3. The van der Waals surface area contributed by atoms with Crippen molar-refractivity contribution in [1.82, 2.24) is 4.90 Å². The van der Waals surface area contributed by atoms with Crippen LogP contribution in [0.5, 0.6) is 0 Å². The van der Waals surface area contributed by atoms with E-state index in [9.17, 15) is 4.79 Å². The zero-order valence-electron chi connectivity index (χ0n) is 10.5. The molecule has 19 heavy (non-hydrogen) atoms. The van der Waals surface area contributed by atoms with Gasteiger partial charge in [0.25, 0.3) is 0 Å². The van der Waals surface area contributed by atoms with Gasteiger partial charge in [0.1, 0.15) is 16.8 Å². The smallest absolute Gasteiger partial charge is 0.238 e. The summed E-state index contributed by atoms with van der Waals surface area (Å²) < 4.78 is 0. The maximum absolute atomic E-state index is 12.0. The van der Waals surface area contributed by atoms with Crippen LogP contribution in [0.4, 0.5) is 0 Å². The molecule has 0 aliphatic heterocycles. The summed E-state index contributed by atoms with van der Waals surface area (Å²) >= 11 is 7.12. The highest BCUT2D eigenvalue weighted by Crippen LogP contribution is 2.22. The Morgan fingerprint density at radius 2 is 2.42 bits per heavy atom. The molecule has 0 radical (unpaired) electrons. The van der Waals surface area contributed by atoms with Gasteiger partial charge >= 0.3 is 0 Å². The highest BCUT2D eigenvalue weighted by atomic mass is 35.5. The standard InChI is InChI=1S/C14H15ClN2OS/c15-7-14(18)17(12-4-2-1-3-5-12)9-11-6-13(8-16)19-10-11/h1-2,6,10,12H,3-5,7,9H2. The summed E-state index contributed by atoms with van der Waals surface area (Å²) in [4.78, 5) is 14.5. The minimum Gasteiger partial charge on any atom is -0.334 e. The van der Waals surface area contributed by atoms with Crippen LogP contribution in [0.25, 0.3) is 0 Å².